The number of amides is 2. The first-order valence-corrected chi connectivity index (χ1v) is 8.58. The van der Waals surface area contributed by atoms with Crippen LogP contribution in [0.25, 0.3) is 0 Å². The normalized spacial score (nSPS) is 17.6. The van der Waals surface area contributed by atoms with Crippen molar-refractivity contribution in [1.82, 2.24) is 15.1 Å². The number of methoxy groups -OCH3 is 1. The average molecular weight is 348 g/mol. The molecule has 0 radical (unpaired) electrons. The zero-order valence-electron chi connectivity index (χ0n) is 13.7. The Morgan fingerprint density at radius 1 is 1.42 bits per heavy atom. The Balaban J connectivity index is 1.57. The maximum absolute atomic E-state index is 12.2. The smallest absolute Gasteiger partial charge is 0.323 e. The summed E-state index contributed by atoms with van der Waals surface area (Å²) in [6, 6.07) is 7.66. The number of anilines is 1. The van der Waals surface area contributed by atoms with Crippen LogP contribution in [0.2, 0.25) is 0 Å². The van der Waals surface area contributed by atoms with Crippen molar-refractivity contribution in [1.29, 1.82) is 0 Å². The van der Waals surface area contributed by atoms with Crippen molar-refractivity contribution in [2.75, 3.05) is 32.1 Å². The van der Waals surface area contributed by atoms with E-state index >= 15 is 0 Å². The van der Waals surface area contributed by atoms with Gasteiger partial charge in [0.2, 0.25) is 5.13 Å². The fourth-order valence-corrected chi connectivity index (χ4v) is 3.23. The summed E-state index contributed by atoms with van der Waals surface area (Å²) in [7, 11) is 1.64. The van der Waals surface area contributed by atoms with Crippen molar-refractivity contribution in [2.45, 2.75) is 19.4 Å². The van der Waals surface area contributed by atoms with Crippen LogP contribution in [0, 0.1) is 0 Å². The van der Waals surface area contributed by atoms with E-state index in [2.05, 4.69) is 15.5 Å². The highest BCUT2D eigenvalue weighted by Crippen LogP contribution is 2.20. The van der Waals surface area contributed by atoms with Crippen molar-refractivity contribution in [2.24, 2.45) is 0 Å². The number of ether oxygens (including phenoxy) is 2. The van der Waals surface area contributed by atoms with Crippen molar-refractivity contribution in [3.05, 3.63) is 34.8 Å². The number of carbonyl (C=O) groups excluding carboxylic acids is 1. The Morgan fingerprint density at radius 3 is 2.92 bits per heavy atom. The van der Waals surface area contributed by atoms with E-state index in [1.165, 1.54) is 11.3 Å². The lowest BCUT2D eigenvalue weighted by Crippen LogP contribution is -2.46. The summed E-state index contributed by atoms with van der Waals surface area (Å²) >= 11 is 1.39. The molecule has 0 aliphatic carbocycles. The lowest BCUT2D eigenvalue weighted by atomic mass is 10.1. The first kappa shape index (κ1) is 16.7. The Morgan fingerprint density at radius 2 is 2.21 bits per heavy atom. The predicted octanol–water partition coefficient (Wildman–Crippen LogP) is 2.39. The maximum atomic E-state index is 12.2. The van der Waals surface area contributed by atoms with Gasteiger partial charge in [0.25, 0.3) is 0 Å². The zero-order valence-corrected chi connectivity index (χ0v) is 14.5. The highest BCUT2D eigenvalue weighted by atomic mass is 32.1. The van der Waals surface area contributed by atoms with Crippen LogP contribution >= 0.6 is 11.3 Å². The fraction of sp³-hybridized carbons (Fsp3) is 0.438. The monoisotopic (exact) mass is 348 g/mol. The lowest BCUT2D eigenvalue weighted by molar-refractivity contribution is -0.00138. The number of rotatable bonds is 4. The van der Waals surface area contributed by atoms with Crippen molar-refractivity contribution in [3.63, 3.8) is 0 Å². The molecule has 2 heterocycles. The number of aromatic nitrogens is 2. The van der Waals surface area contributed by atoms with Gasteiger partial charge < -0.3 is 14.4 Å². The second kappa shape index (κ2) is 7.59. The summed E-state index contributed by atoms with van der Waals surface area (Å²) in [4.78, 5) is 14.0. The zero-order chi connectivity index (χ0) is 16.9. The molecule has 0 saturated carbocycles. The number of nitrogens with one attached hydrogen (secondary N) is 1. The van der Waals surface area contributed by atoms with E-state index in [0.29, 0.717) is 31.2 Å². The Hall–Kier alpha value is -2.19. The van der Waals surface area contributed by atoms with Crippen LogP contribution in [0.4, 0.5) is 9.93 Å². The molecule has 1 N–H and O–H groups in total. The molecule has 0 unspecified atom stereocenters. The number of hydrogen-bond acceptors (Lipinski definition) is 6. The van der Waals surface area contributed by atoms with Gasteiger partial charge in [-0.25, -0.2) is 4.79 Å². The summed E-state index contributed by atoms with van der Waals surface area (Å²) < 4.78 is 10.6. The standard InChI is InChI=1S/C16H20N4O3S/c1-11-10-20(7-8-23-11)16(21)17-15-19-18-14(24-15)9-12-3-5-13(22-2)6-4-12/h3-6,11H,7-10H2,1-2H3,(H,17,19,21)/t11-/m1/s1. The van der Waals surface area contributed by atoms with Gasteiger partial charge in [0.05, 0.1) is 19.8 Å². The molecule has 1 aromatic heterocycles. The second-order valence-corrected chi connectivity index (χ2v) is 6.65. The van der Waals surface area contributed by atoms with Crippen molar-refractivity contribution >= 4 is 22.5 Å². The topological polar surface area (TPSA) is 76.6 Å². The molecule has 128 valence electrons. The minimum Gasteiger partial charge on any atom is -0.497 e. The molecule has 3 rings (SSSR count). The molecule has 7 nitrogen and oxygen atoms in total. The van der Waals surface area contributed by atoms with Crippen LogP contribution in [0.1, 0.15) is 17.5 Å². The van der Waals surface area contributed by atoms with Crippen molar-refractivity contribution < 1.29 is 14.3 Å². The third-order valence-electron chi connectivity index (χ3n) is 3.72. The Kier molecular flexibility index (Phi) is 5.27. The molecule has 1 aromatic carbocycles. The van der Waals surface area contributed by atoms with E-state index in [9.17, 15) is 4.79 Å². The molecular formula is C16H20N4O3S. The molecule has 1 atom stereocenters. The van der Waals surface area contributed by atoms with Crippen LogP contribution in [-0.2, 0) is 11.2 Å². The van der Waals surface area contributed by atoms with Crippen LogP contribution in [-0.4, -0.2) is 54.0 Å². The summed E-state index contributed by atoms with van der Waals surface area (Å²) in [6.07, 6.45) is 0.733. The maximum Gasteiger partial charge on any atom is 0.323 e. The van der Waals surface area contributed by atoms with E-state index in [1.807, 2.05) is 31.2 Å². The lowest BCUT2D eigenvalue weighted by Gasteiger charge is -2.30. The average Bonchev–Trinajstić information content (AvgIpc) is 3.02. The first-order chi connectivity index (χ1) is 11.6. The minimum atomic E-state index is -0.155. The molecular weight excluding hydrogens is 328 g/mol. The molecule has 1 saturated heterocycles. The van der Waals surface area contributed by atoms with Gasteiger partial charge in [0, 0.05) is 19.5 Å². The molecule has 24 heavy (non-hydrogen) atoms. The van der Waals surface area contributed by atoms with Crippen molar-refractivity contribution in [3.8, 4) is 5.75 Å². The van der Waals surface area contributed by atoms with Crippen LogP contribution in [0.3, 0.4) is 0 Å². The molecule has 1 fully saturated rings. The quantitative estimate of drug-likeness (QED) is 0.918. The number of morpholine rings is 1. The van der Waals surface area contributed by atoms with Gasteiger partial charge in [-0.3, -0.25) is 5.32 Å². The highest BCUT2D eigenvalue weighted by molar-refractivity contribution is 7.15. The number of carbonyl (C=O) groups is 1. The van der Waals surface area contributed by atoms with Gasteiger partial charge in [-0.15, -0.1) is 10.2 Å². The summed E-state index contributed by atoms with van der Waals surface area (Å²) in [5.41, 5.74) is 1.12. The number of urea groups is 1. The summed E-state index contributed by atoms with van der Waals surface area (Å²) in [5, 5.41) is 12.4. The number of nitrogens with zero attached hydrogens (tertiary/aromatic N) is 3. The minimum absolute atomic E-state index is 0.0598. The Labute approximate surface area is 144 Å². The van der Waals surface area contributed by atoms with E-state index in [4.69, 9.17) is 9.47 Å². The van der Waals surface area contributed by atoms with Crippen LogP contribution in [0.15, 0.2) is 24.3 Å². The SMILES string of the molecule is COc1ccc(Cc2nnc(NC(=O)N3CCO[C@H](C)C3)s2)cc1. The van der Waals surface area contributed by atoms with Crippen LogP contribution < -0.4 is 10.1 Å². The molecule has 0 bridgehead atoms. The molecule has 8 heteroatoms. The first-order valence-electron chi connectivity index (χ1n) is 7.77. The fourth-order valence-electron chi connectivity index (χ4n) is 2.47. The number of hydrogen-bond donors (Lipinski definition) is 1. The summed E-state index contributed by atoms with van der Waals surface area (Å²) in [5.74, 6) is 0.823. The predicted molar refractivity (Wildman–Crippen MR) is 91.7 cm³/mol. The van der Waals surface area contributed by atoms with E-state index in [0.717, 1.165) is 16.3 Å². The summed E-state index contributed by atoms with van der Waals surface area (Å²) in [6.45, 7) is 3.70. The van der Waals surface area contributed by atoms with E-state index in [1.54, 1.807) is 12.0 Å². The highest BCUT2D eigenvalue weighted by Gasteiger charge is 2.22. The molecule has 1 aliphatic rings. The second-order valence-electron chi connectivity index (χ2n) is 5.58. The Bertz CT molecular complexity index is 689. The van der Waals surface area contributed by atoms with E-state index in [-0.39, 0.29) is 12.1 Å². The molecule has 1 aliphatic heterocycles. The van der Waals surface area contributed by atoms with Gasteiger partial charge in [0.15, 0.2) is 0 Å². The third kappa shape index (κ3) is 4.21. The van der Waals surface area contributed by atoms with Gasteiger partial charge in [0.1, 0.15) is 10.8 Å². The van der Waals surface area contributed by atoms with Gasteiger partial charge in [-0.2, -0.15) is 0 Å². The van der Waals surface area contributed by atoms with Gasteiger partial charge in [-0.05, 0) is 24.6 Å². The van der Waals surface area contributed by atoms with Crippen LogP contribution in [0.5, 0.6) is 5.75 Å². The van der Waals surface area contributed by atoms with Gasteiger partial charge in [-0.1, -0.05) is 23.5 Å². The molecule has 0 spiro atoms. The largest absolute Gasteiger partial charge is 0.497 e. The molecule has 2 aromatic rings. The third-order valence-corrected chi connectivity index (χ3v) is 4.56. The number of benzene rings is 1. The van der Waals surface area contributed by atoms with Gasteiger partial charge >= 0.3 is 6.03 Å². The molecule has 2 amide bonds. The van der Waals surface area contributed by atoms with E-state index < -0.39 is 0 Å².